The number of ether oxygens (including phenoxy) is 1. The second kappa shape index (κ2) is 9.80. The van der Waals surface area contributed by atoms with Crippen LogP contribution in [0.1, 0.15) is 37.3 Å². The third-order valence-corrected chi connectivity index (χ3v) is 7.17. The molecule has 5 rings (SSSR count). The lowest BCUT2D eigenvalue weighted by atomic mass is 9.70. The molecule has 0 atom stereocenters. The first-order chi connectivity index (χ1) is 16.9. The van der Waals surface area contributed by atoms with Crippen LogP contribution in [0.3, 0.4) is 0 Å². The summed E-state index contributed by atoms with van der Waals surface area (Å²) in [5.41, 5.74) is 0.314. The molecule has 182 valence electrons. The smallest absolute Gasteiger partial charge is 0.436 e. The molecule has 3 heterocycles. The third-order valence-electron chi connectivity index (χ3n) is 6.33. The van der Waals surface area contributed by atoms with Crippen molar-refractivity contribution >= 4 is 34.2 Å². The van der Waals surface area contributed by atoms with Gasteiger partial charge in [-0.1, -0.05) is 12.1 Å². The molecular weight excluding hydrogens is 566 g/mol. The monoisotopic (exact) mass is 590 g/mol. The Morgan fingerprint density at radius 3 is 2.77 bits per heavy atom. The maximum absolute atomic E-state index is 14.5. The third kappa shape index (κ3) is 5.09. The topological polar surface area (TPSA) is 111 Å². The van der Waals surface area contributed by atoms with Crippen LogP contribution in [0.2, 0.25) is 0 Å². The molecule has 1 aliphatic rings. The summed E-state index contributed by atoms with van der Waals surface area (Å²) >= 11 is 1.96. The van der Waals surface area contributed by atoms with Gasteiger partial charge in [0.1, 0.15) is 11.6 Å². The van der Waals surface area contributed by atoms with Gasteiger partial charge in [0.15, 0.2) is 11.6 Å². The van der Waals surface area contributed by atoms with E-state index in [1.54, 1.807) is 31.4 Å². The lowest BCUT2D eigenvalue weighted by Crippen LogP contribution is -2.38. The molecular formula is C24H24FIN6O3. The van der Waals surface area contributed by atoms with Crippen LogP contribution in [0.15, 0.2) is 57.9 Å². The zero-order chi connectivity index (χ0) is 24.4. The van der Waals surface area contributed by atoms with Crippen molar-refractivity contribution in [3.05, 3.63) is 80.2 Å². The number of hydrogen-bond donors (Lipinski definition) is 2. The molecule has 1 fully saturated rings. The number of halogens is 2. The minimum Gasteiger partial charge on any atom is -0.487 e. The molecule has 35 heavy (non-hydrogen) atoms. The molecule has 0 saturated heterocycles. The van der Waals surface area contributed by atoms with Gasteiger partial charge in [-0.25, -0.2) is 14.2 Å². The van der Waals surface area contributed by atoms with E-state index in [4.69, 9.17) is 14.1 Å². The van der Waals surface area contributed by atoms with E-state index in [1.807, 2.05) is 46.9 Å². The van der Waals surface area contributed by atoms with Gasteiger partial charge in [-0.3, -0.25) is 5.10 Å². The Bertz CT molecular complexity index is 1360. The van der Waals surface area contributed by atoms with Crippen molar-refractivity contribution in [1.29, 1.82) is 0 Å². The number of aryl methyl sites for hydroxylation is 1. The largest absolute Gasteiger partial charge is 0.487 e. The SMILES string of the molecule is Cn1nc(C2(Cc3cccc(Nc4ccn[nH]4)n3)CCC(Oc3cccc(I)c3F)CC2)oc1=O. The number of hydrogen-bond acceptors (Lipinski definition) is 7. The summed E-state index contributed by atoms with van der Waals surface area (Å²) in [5.74, 6) is 1.24. The molecule has 1 saturated carbocycles. The van der Waals surface area contributed by atoms with Crippen LogP contribution < -0.4 is 15.8 Å². The van der Waals surface area contributed by atoms with E-state index in [9.17, 15) is 9.18 Å². The first kappa shape index (κ1) is 23.5. The summed E-state index contributed by atoms with van der Waals surface area (Å²) in [5, 5.41) is 14.4. The Kier molecular flexibility index (Phi) is 6.58. The summed E-state index contributed by atoms with van der Waals surface area (Å²) < 4.78 is 27.8. The zero-order valence-electron chi connectivity index (χ0n) is 19.0. The van der Waals surface area contributed by atoms with Gasteiger partial charge in [-0.05, 0) is 72.5 Å². The summed E-state index contributed by atoms with van der Waals surface area (Å²) in [6.45, 7) is 0. The molecule has 0 bridgehead atoms. The van der Waals surface area contributed by atoms with Crippen LogP contribution in [0.5, 0.6) is 5.75 Å². The highest BCUT2D eigenvalue weighted by Gasteiger charge is 2.43. The van der Waals surface area contributed by atoms with Crippen LogP contribution in [0.25, 0.3) is 0 Å². The average Bonchev–Trinajstić information content (AvgIpc) is 3.48. The highest BCUT2D eigenvalue weighted by molar-refractivity contribution is 14.1. The maximum atomic E-state index is 14.5. The predicted molar refractivity (Wildman–Crippen MR) is 135 cm³/mol. The van der Waals surface area contributed by atoms with E-state index in [0.29, 0.717) is 47.4 Å². The van der Waals surface area contributed by atoms with E-state index < -0.39 is 11.2 Å². The lowest BCUT2D eigenvalue weighted by Gasteiger charge is -2.37. The zero-order valence-corrected chi connectivity index (χ0v) is 21.2. The van der Waals surface area contributed by atoms with Crippen molar-refractivity contribution in [3.8, 4) is 5.75 Å². The number of nitrogens with one attached hydrogen (secondary N) is 2. The van der Waals surface area contributed by atoms with Crippen molar-refractivity contribution in [1.82, 2.24) is 25.0 Å². The van der Waals surface area contributed by atoms with Gasteiger partial charge < -0.3 is 14.5 Å². The second-order valence-electron chi connectivity index (χ2n) is 8.73. The van der Waals surface area contributed by atoms with E-state index in [1.165, 1.54) is 4.68 Å². The first-order valence-electron chi connectivity index (χ1n) is 11.3. The molecule has 0 spiro atoms. The first-order valence-corrected chi connectivity index (χ1v) is 12.4. The average molecular weight is 590 g/mol. The molecule has 11 heteroatoms. The molecule has 0 amide bonds. The van der Waals surface area contributed by atoms with E-state index in [2.05, 4.69) is 20.6 Å². The summed E-state index contributed by atoms with van der Waals surface area (Å²) in [4.78, 5) is 16.9. The lowest BCUT2D eigenvalue weighted by molar-refractivity contribution is 0.0987. The highest BCUT2D eigenvalue weighted by Crippen LogP contribution is 2.42. The Labute approximate surface area is 214 Å². The Morgan fingerprint density at radius 1 is 1.26 bits per heavy atom. The summed E-state index contributed by atoms with van der Waals surface area (Å²) in [6, 6.07) is 12.7. The summed E-state index contributed by atoms with van der Waals surface area (Å²) in [7, 11) is 1.57. The maximum Gasteiger partial charge on any atom is 0.436 e. The van der Waals surface area contributed by atoms with E-state index in [0.717, 1.165) is 11.5 Å². The number of nitrogens with zero attached hydrogens (tertiary/aromatic N) is 4. The second-order valence-corrected chi connectivity index (χ2v) is 9.89. The number of rotatable bonds is 7. The van der Waals surface area contributed by atoms with Crippen molar-refractivity contribution in [2.45, 2.75) is 43.6 Å². The number of benzene rings is 1. The molecule has 0 aliphatic heterocycles. The quantitative estimate of drug-likeness (QED) is 0.306. The van der Waals surface area contributed by atoms with E-state index >= 15 is 0 Å². The van der Waals surface area contributed by atoms with Crippen LogP contribution in [0.4, 0.5) is 16.0 Å². The molecule has 1 aliphatic carbocycles. The minimum atomic E-state index is -0.524. The minimum absolute atomic E-state index is 0.146. The van der Waals surface area contributed by atoms with Crippen LogP contribution >= 0.6 is 22.6 Å². The summed E-state index contributed by atoms with van der Waals surface area (Å²) in [6.07, 6.45) is 4.69. The van der Waals surface area contributed by atoms with E-state index in [-0.39, 0.29) is 17.7 Å². The van der Waals surface area contributed by atoms with Crippen molar-refractivity contribution in [2.75, 3.05) is 5.32 Å². The molecule has 1 aromatic carbocycles. The molecule has 2 N–H and O–H groups in total. The highest BCUT2D eigenvalue weighted by atomic mass is 127. The molecule has 3 aromatic heterocycles. The van der Waals surface area contributed by atoms with Crippen LogP contribution in [-0.4, -0.2) is 31.1 Å². The Morgan fingerprint density at radius 2 is 2.06 bits per heavy atom. The Hall–Kier alpha value is -3.22. The van der Waals surface area contributed by atoms with Gasteiger partial charge >= 0.3 is 5.76 Å². The number of H-pyrrole nitrogens is 1. The normalized spacial score (nSPS) is 20.0. The fourth-order valence-electron chi connectivity index (χ4n) is 4.50. The standard InChI is InChI=1S/C24H24FIN6O3/c1-32-23(33)35-22(31-32)24(14-15-4-2-7-19(28-15)29-20-10-13-27-30-20)11-8-16(9-12-24)34-18-6-3-5-17(26)21(18)25/h2-7,10,13,16H,8-9,11-12,14H2,1H3,(H2,27,28,29,30). The molecule has 9 nitrogen and oxygen atoms in total. The Balaban J connectivity index is 1.37. The van der Waals surface area contributed by atoms with Crippen molar-refractivity contribution < 1.29 is 13.5 Å². The molecule has 0 unspecified atom stereocenters. The number of aromatic amines is 1. The number of pyridine rings is 1. The van der Waals surface area contributed by atoms with Crippen LogP contribution in [0, 0.1) is 9.39 Å². The van der Waals surface area contributed by atoms with Crippen molar-refractivity contribution in [2.24, 2.45) is 7.05 Å². The van der Waals surface area contributed by atoms with Crippen molar-refractivity contribution in [3.63, 3.8) is 0 Å². The van der Waals surface area contributed by atoms with Gasteiger partial charge in [-0.15, -0.1) is 5.10 Å². The van der Waals surface area contributed by atoms with Gasteiger partial charge in [0.25, 0.3) is 0 Å². The van der Waals surface area contributed by atoms with Gasteiger partial charge in [0, 0.05) is 25.2 Å². The van der Waals surface area contributed by atoms with Gasteiger partial charge in [0.2, 0.25) is 5.89 Å². The predicted octanol–water partition coefficient (Wildman–Crippen LogP) is 4.48. The van der Waals surface area contributed by atoms with Gasteiger partial charge in [-0.2, -0.15) is 9.78 Å². The fourth-order valence-corrected chi connectivity index (χ4v) is 4.97. The van der Waals surface area contributed by atoms with Gasteiger partial charge in [0.05, 0.1) is 21.3 Å². The molecule has 0 radical (unpaired) electrons. The number of anilines is 2. The number of aromatic nitrogens is 5. The fraction of sp³-hybridized carbons (Fsp3) is 0.333. The molecule has 4 aromatic rings. The van der Waals surface area contributed by atoms with Crippen LogP contribution in [-0.2, 0) is 18.9 Å².